The van der Waals surface area contributed by atoms with E-state index in [0.717, 1.165) is 17.9 Å². The molecule has 1 aliphatic heterocycles. The molecule has 17 heavy (non-hydrogen) atoms. The Hall–Kier alpha value is -1.51. The van der Waals surface area contributed by atoms with E-state index < -0.39 is 5.60 Å². The average molecular weight is 233 g/mol. The molecule has 1 N–H and O–H groups in total. The summed E-state index contributed by atoms with van der Waals surface area (Å²) in [7, 11) is 0. The van der Waals surface area contributed by atoms with Crippen molar-refractivity contribution in [2.45, 2.75) is 39.7 Å². The van der Waals surface area contributed by atoms with E-state index in [1.807, 2.05) is 18.2 Å². The number of ether oxygens (including phenoxy) is 1. The molecule has 3 heteroatoms. The van der Waals surface area contributed by atoms with Crippen LogP contribution in [0.15, 0.2) is 18.2 Å². The van der Waals surface area contributed by atoms with Crippen LogP contribution in [-0.4, -0.2) is 11.5 Å². The zero-order valence-electron chi connectivity index (χ0n) is 10.8. The molecular formula is C14H19NO2. The van der Waals surface area contributed by atoms with Gasteiger partial charge in [-0.3, -0.25) is 4.79 Å². The number of amides is 1. The van der Waals surface area contributed by atoms with Gasteiger partial charge in [0, 0.05) is 0 Å². The monoisotopic (exact) mass is 233 g/mol. The summed E-state index contributed by atoms with van der Waals surface area (Å²) in [6.07, 6.45) is 1.02. The zero-order valence-corrected chi connectivity index (χ0v) is 10.8. The van der Waals surface area contributed by atoms with Crippen molar-refractivity contribution in [2.24, 2.45) is 5.92 Å². The van der Waals surface area contributed by atoms with E-state index in [1.165, 1.54) is 5.56 Å². The van der Waals surface area contributed by atoms with Crippen LogP contribution in [0.2, 0.25) is 0 Å². The minimum atomic E-state index is -0.788. The van der Waals surface area contributed by atoms with Crippen molar-refractivity contribution in [3.8, 4) is 5.75 Å². The summed E-state index contributed by atoms with van der Waals surface area (Å²) >= 11 is 0. The lowest BCUT2D eigenvalue weighted by Crippen LogP contribution is -2.45. The quantitative estimate of drug-likeness (QED) is 0.852. The molecule has 1 aromatic carbocycles. The van der Waals surface area contributed by atoms with Gasteiger partial charge < -0.3 is 10.1 Å². The predicted octanol–water partition coefficient (Wildman–Crippen LogP) is 2.99. The van der Waals surface area contributed by atoms with E-state index in [2.05, 4.69) is 19.2 Å². The maximum atomic E-state index is 11.7. The Kier molecular flexibility index (Phi) is 2.86. The molecule has 1 aromatic rings. The standard InChI is InChI=1S/C14H19NO2/c1-9(2)7-10-5-6-11-12(8-10)17-14(3,4)13(16)15-11/h5-6,8-9H,7H2,1-4H3,(H,15,16). The van der Waals surface area contributed by atoms with Gasteiger partial charge in [0.05, 0.1) is 5.69 Å². The molecule has 0 bridgehead atoms. The van der Waals surface area contributed by atoms with Gasteiger partial charge in [-0.15, -0.1) is 0 Å². The molecule has 0 saturated carbocycles. The number of carbonyl (C=O) groups is 1. The summed E-state index contributed by atoms with van der Waals surface area (Å²) in [6, 6.07) is 5.98. The third kappa shape index (κ3) is 2.43. The molecule has 3 nitrogen and oxygen atoms in total. The Morgan fingerprint density at radius 3 is 2.71 bits per heavy atom. The van der Waals surface area contributed by atoms with Gasteiger partial charge in [-0.25, -0.2) is 0 Å². The molecule has 0 aliphatic carbocycles. The highest BCUT2D eigenvalue weighted by Crippen LogP contribution is 2.34. The topological polar surface area (TPSA) is 38.3 Å². The fourth-order valence-corrected chi connectivity index (χ4v) is 1.95. The first-order valence-electron chi connectivity index (χ1n) is 6.02. The van der Waals surface area contributed by atoms with Gasteiger partial charge in [0.15, 0.2) is 5.60 Å². The molecule has 1 heterocycles. The number of benzene rings is 1. The summed E-state index contributed by atoms with van der Waals surface area (Å²) in [5.41, 5.74) is 1.22. The SMILES string of the molecule is CC(C)Cc1ccc2c(c1)OC(C)(C)C(=O)N2. The van der Waals surface area contributed by atoms with Crippen LogP contribution >= 0.6 is 0 Å². The second-order valence-electron chi connectivity index (χ2n) is 5.49. The number of rotatable bonds is 2. The highest BCUT2D eigenvalue weighted by Gasteiger charge is 2.35. The van der Waals surface area contributed by atoms with Crippen molar-refractivity contribution in [1.29, 1.82) is 0 Å². The third-order valence-corrected chi connectivity index (χ3v) is 2.85. The van der Waals surface area contributed by atoms with Gasteiger partial charge in [-0.2, -0.15) is 0 Å². The third-order valence-electron chi connectivity index (χ3n) is 2.85. The molecule has 1 aliphatic rings. The van der Waals surface area contributed by atoms with Gasteiger partial charge >= 0.3 is 0 Å². The first-order chi connectivity index (χ1) is 7.88. The lowest BCUT2D eigenvalue weighted by Gasteiger charge is -2.31. The Labute approximate surface area is 102 Å². The van der Waals surface area contributed by atoms with Crippen molar-refractivity contribution in [1.82, 2.24) is 0 Å². The summed E-state index contributed by atoms with van der Waals surface area (Å²) in [5.74, 6) is 1.29. The smallest absolute Gasteiger partial charge is 0.268 e. The van der Waals surface area contributed by atoms with E-state index in [9.17, 15) is 4.79 Å². The van der Waals surface area contributed by atoms with E-state index in [-0.39, 0.29) is 5.91 Å². The summed E-state index contributed by atoms with van der Waals surface area (Å²) in [6.45, 7) is 7.93. The van der Waals surface area contributed by atoms with Gasteiger partial charge in [0.2, 0.25) is 0 Å². The van der Waals surface area contributed by atoms with Crippen molar-refractivity contribution >= 4 is 11.6 Å². The predicted molar refractivity (Wildman–Crippen MR) is 68.3 cm³/mol. The van der Waals surface area contributed by atoms with Crippen LogP contribution in [0, 0.1) is 5.92 Å². The molecule has 0 saturated heterocycles. The first kappa shape index (κ1) is 12.0. The summed E-state index contributed by atoms with van der Waals surface area (Å²) < 4.78 is 5.74. The van der Waals surface area contributed by atoms with Crippen molar-refractivity contribution in [3.05, 3.63) is 23.8 Å². The minimum Gasteiger partial charge on any atom is -0.476 e. The Balaban J connectivity index is 2.31. The second-order valence-corrected chi connectivity index (χ2v) is 5.49. The Bertz CT molecular complexity index is 450. The van der Waals surface area contributed by atoms with E-state index in [1.54, 1.807) is 13.8 Å². The lowest BCUT2D eigenvalue weighted by molar-refractivity contribution is -0.129. The Morgan fingerprint density at radius 1 is 1.35 bits per heavy atom. The molecule has 0 unspecified atom stereocenters. The molecule has 0 spiro atoms. The zero-order chi connectivity index (χ0) is 12.6. The van der Waals surface area contributed by atoms with Crippen LogP contribution in [0.1, 0.15) is 33.3 Å². The lowest BCUT2D eigenvalue weighted by atomic mass is 10.0. The fourth-order valence-electron chi connectivity index (χ4n) is 1.95. The van der Waals surface area contributed by atoms with Gasteiger partial charge in [-0.1, -0.05) is 19.9 Å². The molecule has 0 aromatic heterocycles. The molecule has 1 amide bonds. The van der Waals surface area contributed by atoms with Crippen LogP contribution in [0.4, 0.5) is 5.69 Å². The van der Waals surface area contributed by atoms with Crippen LogP contribution in [0.5, 0.6) is 5.75 Å². The number of anilines is 1. The van der Waals surface area contributed by atoms with Crippen LogP contribution in [0.3, 0.4) is 0 Å². The van der Waals surface area contributed by atoms with Gasteiger partial charge in [0.25, 0.3) is 5.91 Å². The van der Waals surface area contributed by atoms with Gasteiger partial charge in [0.1, 0.15) is 5.75 Å². The fraction of sp³-hybridized carbons (Fsp3) is 0.500. The highest BCUT2D eigenvalue weighted by molar-refractivity contribution is 6.00. The van der Waals surface area contributed by atoms with Crippen molar-refractivity contribution < 1.29 is 9.53 Å². The van der Waals surface area contributed by atoms with Crippen molar-refractivity contribution in [3.63, 3.8) is 0 Å². The number of carbonyl (C=O) groups excluding carboxylic acids is 1. The maximum absolute atomic E-state index is 11.7. The van der Waals surface area contributed by atoms with E-state index >= 15 is 0 Å². The maximum Gasteiger partial charge on any atom is 0.268 e. The molecule has 2 rings (SSSR count). The van der Waals surface area contributed by atoms with E-state index in [4.69, 9.17) is 4.74 Å². The second kappa shape index (κ2) is 4.06. The largest absolute Gasteiger partial charge is 0.476 e. The van der Waals surface area contributed by atoms with Crippen LogP contribution in [-0.2, 0) is 11.2 Å². The molecule has 0 atom stereocenters. The summed E-state index contributed by atoms with van der Waals surface area (Å²) in [5, 5.41) is 2.87. The Morgan fingerprint density at radius 2 is 2.06 bits per heavy atom. The number of hydrogen-bond acceptors (Lipinski definition) is 2. The molecule has 0 radical (unpaired) electrons. The molecular weight excluding hydrogens is 214 g/mol. The highest BCUT2D eigenvalue weighted by atomic mass is 16.5. The van der Waals surface area contributed by atoms with Crippen molar-refractivity contribution in [2.75, 3.05) is 5.32 Å². The van der Waals surface area contributed by atoms with Crippen LogP contribution in [0.25, 0.3) is 0 Å². The number of hydrogen-bond donors (Lipinski definition) is 1. The number of fused-ring (bicyclic) bond motifs is 1. The number of nitrogens with one attached hydrogen (secondary N) is 1. The minimum absolute atomic E-state index is 0.0957. The van der Waals surface area contributed by atoms with Gasteiger partial charge in [-0.05, 0) is 43.9 Å². The van der Waals surface area contributed by atoms with Crippen LogP contribution < -0.4 is 10.1 Å². The average Bonchev–Trinajstić information content (AvgIpc) is 2.18. The summed E-state index contributed by atoms with van der Waals surface area (Å²) in [4.78, 5) is 11.7. The normalized spacial score (nSPS) is 17.4. The molecule has 92 valence electrons. The van der Waals surface area contributed by atoms with E-state index in [0.29, 0.717) is 5.92 Å². The molecule has 0 fully saturated rings. The first-order valence-corrected chi connectivity index (χ1v) is 6.02.